The Morgan fingerprint density at radius 2 is 1.96 bits per heavy atom. The summed E-state index contributed by atoms with van der Waals surface area (Å²) in [6, 6.07) is 2.16. The first-order chi connectivity index (χ1) is 13.0. The minimum absolute atomic E-state index is 0.327. The van der Waals surface area contributed by atoms with Crippen LogP contribution in [0.2, 0.25) is 5.02 Å². The quantitative estimate of drug-likeness (QED) is 0.806. The van der Waals surface area contributed by atoms with Crippen molar-refractivity contribution < 1.29 is 0 Å². The highest BCUT2D eigenvalue weighted by molar-refractivity contribution is 7.99. The average molecular weight is 405 g/mol. The van der Waals surface area contributed by atoms with Gasteiger partial charge in [0.1, 0.15) is 16.7 Å². The second-order valence-corrected chi connectivity index (χ2v) is 9.15. The van der Waals surface area contributed by atoms with Gasteiger partial charge in [-0.1, -0.05) is 30.3 Å². The van der Waals surface area contributed by atoms with Gasteiger partial charge in [0.25, 0.3) is 0 Å². The summed E-state index contributed by atoms with van der Waals surface area (Å²) in [6.45, 7) is 4.28. The van der Waals surface area contributed by atoms with Crippen LogP contribution in [0.3, 0.4) is 0 Å². The highest BCUT2D eigenvalue weighted by Crippen LogP contribution is 2.48. The molecule has 4 N–H and O–H groups in total. The molecule has 3 heterocycles. The van der Waals surface area contributed by atoms with Crippen molar-refractivity contribution in [2.75, 3.05) is 23.7 Å². The summed E-state index contributed by atoms with van der Waals surface area (Å²) in [5.74, 6) is 1.89. The lowest BCUT2D eigenvalue weighted by atomic mass is 9.73. The van der Waals surface area contributed by atoms with Crippen molar-refractivity contribution in [3.63, 3.8) is 0 Å². The molecule has 8 heteroatoms. The van der Waals surface area contributed by atoms with Crippen molar-refractivity contribution in [2.24, 2.45) is 17.1 Å². The molecule has 0 amide bonds. The fourth-order valence-corrected chi connectivity index (χ4v) is 5.37. The Bertz CT molecular complexity index is 806. The van der Waals surface area contributed by atoms with Gasteiger partial charge in [0.2, 0.25) is 0 Å². The summed E-state index contributed by atoms with van der Waals surface area (Å²) in [6.07, 6.45) is 10.1. The van der Waals surface area contributed by atoms with Gasteiger partial charge in [0.15, 0.2) is 0 Å². The van der Waals surface area contributed by atoms with Crippen LogP contribution in [-0.4, -0.2) is 34.1 Å². The summed E-state index contributed by atoms with van der Waals surface area (Å²) < 4.78 is 0. The lowest BCUT2D eigenvalue weighted by Gasteiger charge is -2.43. The van der Waals surface area contributed by atoms with Gasteiger partial charge >= 0.3 is 0 Å². The van der Waals surface area contributed by atoms with E-state index in [1.165, 1.54) is 24.6 Å². The highest BCUT2D eigenvalue weighted by Gasteiger charge is 2.46. The molecule has 1 saturated carbocycles. The monoisotopic (exact) mass is 404 g/mol. The van der Waals surface area contributed by atoms with Crippen molar-refractivity contribution in [3.8, 4) is 0 Å². The summed E-state index contributed by atoms with van der Waals surface area (Å²) in [5, 5.41) is 1.24. The first kappa shape index (κ1) is 18.8. The molecule has 1 aliphatic carbocycles. The molecule has 27 heavy (non-hydrogen) atoms. The molecule has 0 aromatic carbocycles. The number of rotatable bonds is 3. The van der Waals surface area contributed by atoms with E-state index in [4.69, 9.17) is 23.1 Å². The van der Waals surface area contributed by atoms with Crippen molar-refractivity contribution in [1.82, 2.24) is 15.0 Å². The van der Waals surface area contributed by atoms with Gasteiger partial charge in [-0.05, 0) is 43.1 Å². The fraction of sp³-hybridized carbons (Fsp3) is 0.526. The van der Waals surface area contributed by atoms with Crippen molar-refractivity contribution in [1.29, 1.82) is 0 Å². The van der Waals surface area contributed by atoms with E-state index < -0.39 is 0 Å². The number of nitrogens with two attached hydrogens (primary N) is 2. The number of halogens is 1. The maximum absolute atomic E-state index is 6.51. The van der Waals surface area contributed by atoms with E-state index in [2.05, 4.69) is 26.8 Å². The van der Waals surface area contributed by atoms with Crippen LogP contribution in [0.1, 0.15) is 32.6 Å². The Morgan fingerprint density at radius 3 is 2.59 bits per heavy atom. The van der Waals surface area contributed by atoms with E-state index >= 15 is 0 Å². The molecule has 4 rings (SSSR count). The molecule has 2 atom stereocenters. The van der Waals surface area contributed by atoms with Crippen LogP contribution < -0.4 is 16.4 Å². The molecule has 0 radical (unpaired) electrons. The normalized spacial score (nSPS) is 24.5. The third kappa shape index (κ3) is 3.60. The average Bonchev–Trinajstić information content (AvgIpc) is 2.95. The standard InChI is InChI=1S/C19H25ClN6S/c1-12-2-4-19(17(12)21)5-8-26(9-6-19)14-10-25-15(11-24-14)27-13-3-7-23-18(22)16(13)20/h3,7,10-12,17H,2,4-6,8-9,21H2,1H3,(H2,22,23)/t12-,17+/m0/s1. The molecule has 2 aromatic rings. The van der Waals surface area contributed by atoms with E-state index in [1.807, 2.05) is 12.3 Å². The Hall–Kier alpha value is -1.57. The van der Waals surface area contributed by atoms with E-state index in [9.17, 15) is 0 Å². The van der Waals surface area contributed by atoms with Gasteiger partial charge in [-0.3, -0.25) is 0 Å². The van der Waals surface area contributed by atoms with Crippen LogP contribution >= 0.6 is 23.4 Å². The number of pyridine rings is 1. The second-order valence-electron chi connectivity index (χ2n) is 7.71. The predicted molar refractivity (Wildman–Crippen MR) is 110 cm³/mol. The zero-order chi connectivity index (χ0) is 19.0. The minimum Gasteiger partial charge on any atom is -0.382 e. The molecule has 0 bridgehead atoms. The topological polar surface area (TPSA) is 94.0 Å². The molecule has 2 aromatic heterocycles. The number of hydrogen-bond acceptors (Lipinski definition) is 7. The molecule has 1 saturated heterocycles. The molecule has 144 valence electrons. The van der Waals surface area contributed by atoms with Gasteiger partial charge in [0.05, 0.1) is 17.4 Å². The largest absolute Gasteiger partial charge is 0.382 e. The zero-order valence-electron chi connectivity index (χ0n) is 15.4. The number of hydrogen-bond donors (Lipinski definition) is 2. The second kappa shape index (κ2) is 7.45. The van der Waals surface area contributed by atoms with Crippen LogP contribution in [0.25, 0.3) is 0 Å². The predicted octanol–water partition coefficient (Wildman–Crippen LogP) is 3.60. The lowest BCUT2D eigenvalue weighted by Crippen LogP contribution is -2.48. The molecule has 1 spiro atoms. The fourth-order valence-electron chi connectivity index (χ4n) is 4.39. The molecule has 1 aliphatic heterocycles. The van der Waals surface area contributed by atoms with Crippen LogP contribution in [0.15, 0.2) is 34.6 Å². The zero-order valence-corrected chi connectivity index (χ0v) is 17.0. The van der Waals surface area contributed by atoms with Gasteiger partial charge in [-0.15, -0.1) is 0 Å². The molecule has 0 unspecified atom stereocenters. The summed E-state index contributed by atoms with van der Waals surface area (Å²) in [5.41, 5.74) is 12.6. The smallest absolute Gasteiger partial charge is 0.147 e. The Labute approximate surface area is 169 Å². The Kier molecular flexibility index (Phi) is 5.18. The van der Waals surface area contributed by atoms with Gasteiger partial charge < -0.3 is 16.4 Å². The maximum atomic E-state index is 6.51. The molecule has 2 aliphatic rings. The van der Waals surface area contributed by atoms with Gasteiger partial charge in [0, 0.05) is 30.2 Å². The molecular formula is C19H25ClN6S. The summed E-state index contributed by atoms with van der Waals surface area (Å²) in [7, 11) is 0. The van der Waals surface area contributed by atoms with Crippen molar-refractivity contribution in [3.05, 3.63) is 29.7 Å². The van der Waals surface area contributed by atoms with E-state index in [1.54, 1.807) is 12.4 Å². The van der Waals surface area contributed by atoms with Crippen molar-refractivity contribution in [2.45, 2.75) is 48.6 Å². The number of aromatic nitrogens is 3. The third-order valence-corrected chi connectivity index (χ3v) is 7.70. The summed E-state index contributed by atoms with van der Waals surface area (Å²) >= 11 is 7.64. The number of piperidine rings is 1. The summed E-state index contributed by atoms with van der Waals surface area (Å²) in [4.78, 5) is 16.3. The number of anilines is 2. The Balaban J connectivity index is 1.41. The highest BCUT2D eigenvalue weighted by atomic mass is 35.5. The van der Waals surface area contributed by atoms with Crippen molar-refractivity contribution >= 4 is 35.0 Å². The van der Waals surface area contributed by atoms with Crippen LogP contribution in [0.5, 0.6) is 0 Å². The van der Waals surface area contributed by atoms with E-state index in [0.29, 0.717) is 28.2 Å². The third-order valence-electron chi connectivity index (χ3n) is 6.21. The van der Waals surface area contributed by atoms with E-state index in [-0.39, 0.29) is 0 Å². The SMILES string of the molecule is C[C@H]1CCC2(CCN(c3cnc(Sc4ccnc(N)c4Cl)cn3)CC2)[C@@H]1N. The maximum Gasteiger partial charge on any atom is 0.147 e. The van der Waals surface area contributed by atoms with Crippen LogP contribution in [0.4, 0.5) is 11.6 Å². The number of nitrogens with zero attached hydrogens (tertiary/aromatic N) is 4. The minimum atomic E-state index is 0.327. The number of nitrogen functional groups attached to an aromatic ring is 1. The molecule has 6 nitrogen and oxygen atoms in total. The van der Waals surface area contributed by atoms with Gasteiger partial charge in [-0.2, -0.15) is 0 Å². The Morgan fingerprint density at radius 1 is 1.19 bits per heavy atom. The van der Waals surface area contributed by atoms with Gasteiger partial charge in [-0.25, -0.2) is 15.0 Å². The first-order valence-electron chi connectivity index (χ1n) is 9.39. The first-order valence-corrected chi connectivity index (χ1v) is 10.6. The van der Waals surface area contributed by atoms with Crippen LogP contribution in [-0.2, 0) is 0 Å². The lowest BCUT2D eigenvalue weighted by molar-refractivity contribution is 0.186. The van der Waals surface area contributed by atoms with Crippen LogP contribution in [0, 0.1) is 11.3 Å². The molecule has 2 fully saturated rings. The van der Waals surface area contributed by atoms with E-state index in [0.717, 1.165) is 41.7 Å². The molecular weight excluding hydrogens is 380 g/mol.